The highest BCUT2D eigenvalue weighted by Crippen LogP contribution is 2.28. The Labute approximate surface area is 209 Å². The lowest BCUT2D eigenvalue weighted by atomic mass is 10.0. The van der Waals surface area contributed by atoms with Gasteiger partial charge in [0, 0.05) is 38.0 Å². The summed E-state index contributed by atoms with van der Waals surface area (Å²) < 4.78 is 28.1. The molecule has 0 unspecified atom stereocenters. The third-order valence-corrected chi connectivity index (χ3v) is 9.50. The molecule has 190 valence electrons. The van der Waals surface area contributed by atoms with Crippen molar-refractivity contribution in [2.24, 2.45) is 0 Å². The molecular weight excluding hydrogens is 490 g/mol. The van der Waals surface area contributed by atoms with Crippen LogP contribution in [0.2, 0.25) is 0 Å². The molecule has 1 aliphatic rings. The van der Waals surface area contributed by atoms with Gasteiger partial charge in [-0.15, -0.1) is 11.3 Å². The van der Waals surface area contributed by atoms with E-state index in [1.54, 1.807) is 6.07 Å². The first-order valence-corrected chi connectivity index (χ1v) is 13.7. The van der Waals surface area contributed by atoms with Crippen molar-refractivity contribution in [3.05, 3.63) is 52.4 Å². The van der Waals surface area contributed by atoms with E-state index in [0.717, 1.165) is 21.2 Å². The Kier molecular flexibility index (Phi) is 8.68. The summed E-state index contributed by atoms with van der Waals surface area (Å²) in [7, 11) is -4.02. The van der Waals surface area contributed by atoms with Gasteiger partial charge >= 0.3 is 5.97 Å². The number of rotatable bonds is 9. The molecule has 9 nitrogen and oxygen atoms in total. The number of sulfonamides is 1. The van der Waals surface area contributed by atoms with Crippen LogP contribution in [0.15, 0.2) is 40.6 Å². The predicted octanol–water partition coefficient (Wildman–Crippen LogP) is 2.43. The number of aliphatic carboxylic acids is 1. The van der Waals surface area contributed by atoms with Crippen LogP contribution in [-0.2, 0) is 37.4 Å². The lowest BCUT2D eigenvalue weighted by Gasteiger charge is -2.39. The lowest BCUT2D eigenvalue weighted by molar-refractivity contribution is -0.137. The van der Waals surface area contributed by atoms with Gasteiger partial charge in [0.2, 0.25) is 11.8 Å². The van der Waals surface area contributed by atoms with Gasteiger partial charge in [0.25, 0.3) is 10.0 Å². The molecular formula is C24H31N3O6S2. The number of carboxylic acid groups (broad SMARTS) is 1. The van der Waals surface area contributed by atoms with E-state index in [4.69, 9.17) is 5.11 Å². The second kappa shape index (κ2) is 11.3. The average Bonchev–Trinajstić information content (AvgIpc) is 3.31. The zero-order valence-electron chi connectivity index (χ0n) is 20.1. The molecule has 1 fully saturated rings. The van der Waals surface area contributed by atoms with E-state index in [1.165, 1.54) is 23.5 Å². The van der Waals surface area contributed by atoms with E-state index in [2.05, 4.69) is 19.2 Å². The molecule has 3 rings (SSSR count). The van der Waals surface area contributed by atoms with Crippen LogP contribution in [0.3, 0.4) is 0 Å². The molecule has 0 radical (unpaired) electrons. The first kappa shape index (κ1) is 26.8. The predicted molar refractivity (Wildman–Crippen MR) is 133 cm³/mol. The quantitative estimate of drug-likeness (QED) is 0.522. The van der Waals surface area contributed by atoms with Crippen LogP contribution in [0, 0.1) is 0 Å². The number of benzene rings is 1. The summed E-state index contributed by atoms with van der Waals surface area (Å²) in [6.45, 7) is 5.96. The van der Waals surface area contributed by atoms with Crippen LogP contribution in [0.5, 0.6) is 0 Å². The Hall–Kier alpha value is -2.76. The van der Waals surface area contributed by atoms with E-state index >= 15 is 0 Å². The van der Waals surface area contributed by atoms with Gasteiger partial charge in [-0.05, 0) is 35.6 Å². The van der Waals surface area contributed by atoms with E-state index in [0.29, 0.717) is 10.8 Å². The molecule has 11 heteroatoms. The zero-order valence-corrected chi connectivity index (χ0v) is 21.7. The second-order valence-corrected chi connectivity index (χ2v) is 12.1. The maximum atomic E-state index is 13.4. The number of aryl methyl sites for hydroxylation is 1. The normalized spacial score (nSPS) is 16.9. The standard InChI is InChI=1S/C24H31N3O6S2/c1-16(2)19-6-4-18(5-7-19)14-25-24(31)21-15-26(17(3)28)12-13-27(21)35(32,33)23-11-9-20(34-23)8-10-22(29)30/h4-7,9,11,16,21H,8,10,12-15H2,1-3H3,(H,25,31)(H,29,30)/t21-/m1/s1. The smallest absolute Gasteiger partial charge is 0.303 e. The number of hydrogen-bond acceptors (Lipinski definition) is 6. The molecule has 2 amide bonds. The number of carbonyl (C=O) groups excluding carboxylic acids is 2. The first-order valence-electron chi connectivity index (χ1n) is 11.4. The maximum Gasteiger partial charge on any atom is 0.303 e. The van der Waals surface area contributed by atoms with Crippen molar-refractivity contribution in [3.63, 3.8) is 0 Å². The fourth-order valence-electron chi connectivity index (χ4n) is 3.86. The fraction of sp³-hybridized carbons (Fsp3) is 0.458. The van der Waals surface area contributed by atoms with Gasteiger partial charge in [-0.1, -0.05) is 38.1 Å². The number of hydrogen-bond donors (Lipinski definition) is 2. The molecule has 2 N–H and O–H groups in total. The minimum absolute atomic E-state index is 0.00849. The monoisotopic (exact) mass is 521 g/mol. The largest absolute Gasteiger partial charge is 0.481 e. The molecule has 0 spiro atoms. The fourth-order valence-corrected chi connectivity index (χ4v) is 6.91. The van der Waals surface area contributed by atoms with Gasteiger partial charge in [-0.3, -0.25) is 14.4 Å². The van der Waals surface area contributed by atoms with E-state index in [9.17, 15) is 22.8 Å². The van der Waals surface area contributed by atoms with Crippen LogP contribution >= 0.6 is 11.3 Å². The lowest BCUT2D eigenvalue weighted by Crippen LogP contribution is -2.61. The molecule has 2 aromatic rings. The van der Waals surface area contributed by atoms with Crippen LogP contribution in [0.1, 0.15) is 49.1 Å². The summed E-state index contributed by atoms with van der Waals surface area (Å²) in [5, 5.41) is 11.7. The van der Waals surface area contributed by atoms with Gasteiger partial charge in [0.05, 0.1) is 6.42 Å². The molecule has 2 heterocycles. The third kappa shape index (κ3) is 6.68. The number of amides is 2. The molecule has 1 aromatic heterocycles. The minimum Gasteiger partial charge on any atom is -0.481 e. The first-order chi connectivity index (χ1) is 16.5. The van der Waals surface area contributed by atoms with Gasteiger partial charge in [0.15, 0.2) is 0 Å². The zero-order chi connectivity index (χ0) is 25.8. The summed E-state index contributed by atoms with van der Waals surface area (Å²) in [6, 6.07) is 9.83. The summed E-state index contributed by atoms with van der Waals surface area (Å²) in [6.07, 6.45) is 0.133. The number of nitrogens with zero attached hydrogens (tertiary/aromatic N) is 2. The molecule has 1 saturated heterocycles. The van der Waals surface area contributed by atoms with Crippen molar-refractivity contribution in [3.8, 4) is 0 Å². The summed E-state index contributed by atoms with van der Waals surface area (Å²) in [5.41, 5.74) is 2.07. The summed E-state index contributed by atoms with van der Waals surface area (Å²) in [4.78, 5) is 38.1. The summed E-state index contributed by atoms with van der Waals surface area (Å²) >= 11 is 1.00. The molecule has 0 aliphatic carbocycles. The Balaban J connectivity index is 1.78. The number of nitrogens with one attached hydrogen (secondary N) is 1. The van der Waals surface area contributed by atoms with Crippen molar-refractivity contribution in [2.75, 3.05) is 19.6 Å². The van der Waals surface area contributed by atoms with Crippen LogP contribution in [0.4, 0.5) is 0 Å². The molecule has 0 bridgehead atoms. The minimum atomic E-state index is -4.02. The highest BCUT2D eigenvalue weighted by Gasteiger charge is 2.41. The summed E-state index contributed by atoms with van der Waals surface area (Å²) in [5.74, 6) is -1.27. The van der Waals surface area contributed by atoms with Gasteiger partial charge < -0.3 is 15.3 Å². The van der Waals surface area contributed by atoms with Crippen LogP contribution in [0.25, 0.3) is 0 Å². The average molecular weight is 522 g/mol. The molecule has 35 heavy (non-hydrogen) atoms. The Bertz CT molecular complexity index is 1170. The maximum absolute atomic E-state index is 13.4. The van der Waals surface area contributed by atoms with Crippen molar-refractivity contribution >= 4 is 39.1 Å². The highest BCUT2D eigenvalue weighted by molar-refractivity contribution is 7.91. The van der Waals surface area contributed by atoms with E-state index in [-0.39, 0.29) is 49.1 Å². The third-order valence-electron chi connectivity index (χ3n) is 5.98. The van der Waals surface area contributed by atoms with Gasteiger partial charge in [0.1, 0.15) is 10.3 Å². The van der Waals surface area contributed by atoms with Crippen molar-refractivity contribution in [2.45, 2.75) is 56.3 Å². The molecule has 1 atom stereocenters. The molecule has 1 aliphatic heterocycles. The molecule has 0 saturated carbocycles. The Morgan fingerprint density at radius 1 is 1.11 bits per heavy atom. The van der Waals surface area contributed by atoms with Gasteiger partial charge in [-0.2, -0.15) is 4.31 Å². The topological polar surface area (TPSA) is 124 Å². The number of carboxylic acids is 1. The van der Waals surface area contributed by atoms with Crippen LogP contribution in [-0.4, -0.2) is 66.2 Å². The SMILES string of the molecule is CC(=O)N1CCN(S(=O)(=O)c2ccc(CCC(=O)O)s2)[C@@H](C(=O)NCc2ccc(C(C)C)cc2)C1. The number of thiophene rings is 1. The van der Waals surface area contributed by atoms with E-state index < -0.39 is 27.9 Å². The molecule has 1 aromatic carbocycles. The number of piperazine rings is 1. The van der Waals surface area contributed by atoms with Crippen LogP contribution < -0.4 is 5.32 Å². The highest BCUT2D eigenvalue weighted by atomic mass is 32.2. The number of carbonyl (C=O) groups is 3. The van der Waals surface area contributed by atoms with Crippen molar-refractivity contribution in [1.82, 2.24) is 14.5 Å². The Morgan fingerprint density at radius 3 is 2.40 bits per heavy atom. The van der Waals surface area contributed by atoms with Crippen molar-refractivity contribution in [1.29, 1.82) is 0 Å². The Morgan fingerprint density at radius 2 is 1.80 bits per heavy atom. The van der Waals surface area contributed by atoms with E-state index in [1.807, 2.05) is 24.3 Å². The second-order valence-electron chi connectivity index (χ2n) is 8.83. The van der Waals surface area contributed by atoms with Crippen molar-refractivity contribution < 1.29 is 27.9 Å². The van der Waals surface area contributed by atoms with Gasteiger partial charge in [-0.25, -0.2) is 8.42 Å².